The summed E-state index contributed by atoms with van der Waals surface area (Å²) in [6.07, 6.45) is -2.00. The highest BCUT2D eigenvalue weighted by atomic mass is 32.2. The smallest absolute Gasteiger partial charge is 0.309 e. The maximum Gasteiger partial charge on any atom is 0.416 e. The van der Waals surface area contributed by atoms with Crippen LogP contribution in [0.15, 0.2) is 24.3 Å². The van der Waals surface area contributed by atoms with E-state index in [0.29, 0.717) is 0 Å². The van der Waals surface area contributed by atoms with E-state index in [9.17, 15) is 13.2 Å². The van der Waals surface area contributed by atoms with Crippen molar-refractivity contribution < 1.29 is 13.2 Å². The highest BCUT2D eigenvalue weighted by Gasteiger charge is 2.38. The van der Waals surface area contributed by atoms with Crippen molar-refractivity contribution in [2.75, 3.05) is 12.3 Å². The molecule has 20 heavy (non-hydrogen) atoms. The average molecular weight is 303 g/mol. The average Bonchev–Trinajstić information content (AvgIpc) is 2.83. The number of hydrogen-bond acceptors (Lipinski definition) is 2. The zero-order valence-electron chi connectivity index (χ0n) is 11.8. The van der Waals surface area contributed by atoms with Gasteiger partial charge >= 0.3 is 6.18 Å². The second-order valence-corrected chi connectivity index (χ2v) is 7.00. The van der Waals surface area contributed by atoms with Gasteiger partial charge in [0.25, 0.3) is 0 Å². The Morgan fingerprint density at radius 2 is 1.95 bits per heavy atom. The maximum atomic E-state index is 12.6. The fourth-order valence-electron chi connectivity index (χ4n) is 2.78. The van der Waals surface area contributed by atoms with Crippen LogP contribution in [0.25, 0.3) is 0 Å². The molecule has 1 aromatic rings. The Morgan fingerprint density at radius 3 is 2.40 bits per heavy atom. The van der Waals surface area contributed by atoms with Crippen LogP contribution in [-0.4, -0.2) is 17.0 Å². The molecule has 1 aliphatic heterocycles. The minimum Gasteiger partial charge on any atom is -0.309 e. The summed E-state index contributed by atoms with van der Waals surface area (Å²) in [6.45, 7) is 5.04. The first-order chi connectivity index (χ1) is 9.37. The molecule has 1 saturated heterocycles. The number of benzene rings is 1. The van der Waals surface area contributed by atoms with E-state index in [-0.39, 0.29) is 10.8 Å². The summed E-state index contributed by atoms with van der Waals surface area (Å²) in [6, 6.07) is 5.69. The highest BCUT2D eigenvalue weighted by molar-refractivity contribution is 8.00. The number of nitrogens with one attached hydrogen (secondary N) is 1. The summed E-state index contributed by atoms with van der Waals surface area (Å²) in [5.74, 6) is 1.12. The van der Waals surface area contributed by atoms with Crippen LogP contribution in [0.4, 0.5) is 13.2 Å². The van der Waals surface area contributed by atoms with Crippen LogP contribution in [0.1, 0.15) is 43.9 Å². The molecule has 0 amide bonds. The van der Waals surface area contributed by atoms with Gasteiger partial charge in [0.1, 0.15) is 0 Å². The van der Waals surface area contributed by atoms with Crippen molar-refractivity contribution in [2.45, 2.75) is 43.7 Å². The lowest BCUT2D eigenvalue weighted by Crippen LogP contribution is -2.37. The van der Waals surface area contributed by atoms with E-state index in [2.05, 4.69) is 12.2 Å². The van der Waals surface area contributed by atoms with Crippen molar-refractivity contribution >= 4 is 11.8 Å². The van der Waals surface area contributed by atoms with Gasteiger partial charge in [0, 0.05) is 10.8 Å². The Morgan fingerprint density at radius 1 is 1.30 bits per heavy atom. The molecule has 0 radical (unpaired) electrons. The minimum atomic E-state index is -4.27. The fraction of sp³-hybridized carbons (Fsp3) is 0.600. The monoisotopic (exact) mass is 303 g/mol. The predicted octanol–water partition coefficient (Wildman–Crippen LogP) is 4.64. The number of halogens is 3. The summed E-state index contributed by atoms with van der Waals surface area (Å²) in [5, 5.41) is 3.44. The van der Waals surface area contributed by atoms with Gasteiger partial charge in [-0.15, -0.1) is 0 Å². The highest BCUT2D eigenvalue weighted by Crippen LogP contribution is 2.46. The van der Waals surface area contributed by atoms with Crippen LogP contribution in [0, 0.1) is 0 Å². The van der Waals surface area contributed by atoms with Crippen molar-refractivity contribution in [3.05, 3.63) is 35.4 Å². The molecule has 0 saturated carbocycles. The molecule has 5 heteroatoms. The number of alkyl halides is 3. The molecule has 0 aliphatic carbocycles. The SMILES string of the molecule is CCNC(c1ccc(C(F)(F)F)cc1)C1(C)CCCS1. The first kappa shape index (κ1) is 15.7. The molecule has 1 fully saturated rings. The maximum absolute atomic E-state index is 12.6. The van der Waals surface area contributed by atoms with E-state index in [1.165, 1.54) is 18.6 Å². The molecule has 0 bridgehead atoms. The Labute approximate surface area is 122 Å². The van der Waals surface area contributed by atoms with Crippen LogP contribution in [-0.2, 0) is 6.18 Å². The normalized spacial score (nSPS) is 24.9. The zero-order chi connectivity index (χ0) is 14.8. The van der Waals surface area contributed by atoms with Gasteiger partial charge in [0.15, 0.2) is 0 Å². The Bertz CT molecular complexity index is 435. The van der Waals surface area contributed by atoms with Crippen molar-refractivity contribution in [2.24, 2.45) is 0 Å². The molecule has 2 atom stereocenters. The molecule has 1 aromatic carbocycles. The fourth-order valence-corrected chi connectivity index (χ4v) is 4.21. The molecule has 2 rings (SSSR count). The summed E-state index contributed by atoms with van der Waals surface area (Å²) in [7, 11) is 0. The molecule has 1 heterocycles. The molecular formula is C15H20F3NS. The van der Waals surface area contributed by atoms with Gasteiger partial charge < -0.3 is 5.32 Å². The lowest BCUT2D eigenvalue weighted by Gasteiger charge is -2.34. The van der Waals surface area contributed by atoms with E-state index in [4.69, 9.17) is 0 Å². The standard InChI is InChI=1S/C15H20F3NS/c1-3-19-13(14(2)9-4-10-20-14)11-5-7-12(8-6-11)15(16,17)18/h5-8,13,19H,3-4,9-10H2,1-2H3. The second kappa shape index (κ2) is 5.98. The molecular weight excluding hydrogens is 283 g/mol. The summed E-state index contributed by atoms with van der Waals surface area (Å²) in [4.78, 5) is 0. The summed E-state index contributed by atoms with van der Waals surface area (Å²) < 4.78 is 37.9. The second-order valence-electron chi connectivity index (χ2n) is 5.38. The molecule has 112 valence electrons. The Balaban J connectivity index is 2.26. The topological polar surface area (TPSA) is 12.0 Å². The number of thioether (sulfide) groups is 1. The van der Waals surface area contributed by atoms with Crippen LogP contribution >= 0.6 is 11.8 Å². The van der Waals surface area contributed by atoms with Crippen molar-refractivity contribution in [3.63, 3.8) is 0 Å². The third-order valence-corrected chi connectivity index (χ3v) is 5.43. The van der Waals surface area contributed by atoms with Crippen LogP contribution in [0.2, 0.25) is 0 Å². The van der Waals surface area contributed by atoms with E-state index in [1.54, 1.807) is 12.1 Å². The van der Waals surface area contributed by atoms with Crippen LogP contribution in [0.3, 0.4) is 0 Å². The first-order valence-corrected chi connectivity index (χ1v) is 7.90. The van der Waals surface area contributed by atoms with Gasteiger partial charge in [-0.05, 0) is 49.8 Å². The third kappa shape index (κ3) is 3.31. The van der Waals surface area contributed by atoms with Gasteiger partial charge in [0.2, 0.25) is 0 Å². The Kier molecular flexibility index (Phi) is 4.69. The molecule has 0 aromatic heterocycles. The third-order valence-electron chi connectivity index (χ3n) is 3.84. The van der Waals surface area contributed by atoms with E-state index in [0.717, 1.165) is 24.3 Å². The predicted molar refractivity (Wildman–Crippen MR) is 78.0 cm³/mol. The Hall–Kier alpha value is -0.680. The molecule has 0 spiro atoms. The molecule has 1 nitrogen and oxygen atoms in total. The zero-order valence-corrected chi connectivity index (χ0v) is 12.6. The van der Waals surface area contributed by atoms with Gasteiger partial charge in [-0.2, -0.15) is 24.9 Å². The number of rotatable bonds is 4. The van der Waals surface area contributed by atoms with Crippen LogP contribution < -0.4 is 5.32 Å². The first-order valence-electron chi connectivity index (χ1n) is 6.91. The van der Waals surface area contributed by atoms with E-state index < -0.39 is 11.7 Å². The molecule has 1 N–H and O–H groups in total. The van der Waals surface area contributed by atoms with Gasteiger partial charge in [0.05, 0.1) is 5.56 Å². The summed E-state index contributed by atoms with van der Waals surface area (Å²) in [5.41, 5.74) is 0.359. The molecule has 1 aliphatic rings. The van der Waals surface area contributed by atoms with Gasteiger partial charge in [-0.25, -0.2) is 0 Å². The van der Waals surface area contributed by atoms with Crippen molar-refractivity contribution in [3.8, 4) is 0 Å². The van der Waals surface area contributed by atoms with Gasteiger partial charge in [-0.3, -0.25) is 0 Å². The summed E-state index contributed by atoms with van der Waals surface area (Å²) >= 11 is 1.91. The van der Waals surface area contributed by atoms with E-state index in [1.807, 2.05) is 18.7 Å². The van der Waals surface area contributed by atoms with Crippen LogP contribution in [0.5, 0.6) is 0 Å². The number of hydrogen-bond donors (Lipinski definition) is 1. The van der Waals surface area contributed by atoms with Crippen molar-refractivity contribution in [1.82, 2.24) is 5.32 Å². The minimum absolute atomic E-state index is 0.0652. The van der Waals surface area contributed by atoms with E-state index >= 15 is 0 Å². The quantitative estimate of drug-likeness (QED) is 0.869. The van der Waals surface area contributed by atoms with Crippen molar-refractivity contribution in [1.29, 1.82) is 0 Å². The van der Waals surface area contributed by atoms with Gasteiger partial charge in [-0.1, -0.05) is 19.1 Å². The molecule has 2 unspecified atom stereocenters. The largest absolute Gasteiger partial charge is 0.416 e. The lowest BCUT2D eigenvalue weighted by atomic mass is 9.89. The lowest BCUT2D eigenvalue weighted by molar-refractivity contribution is -0.137.